The summed E-state index contributed by atoms with van der Waals surface area (Å²) >= 11 is 5.98. The first-order valence-electron chi connectivity index (χ1n) is 9.89. The Labute approximate surface area is 189 Å². The van der Waals surface area contributed by atoms with Crippen LogP contribution in [-0.2, 0) is 13.0 Å². The Morgan fingerprint density at radius 1 is 1.00 bits per heavy atom. The lowest BCUT2D eigenvalue weighted by molar-refractivity contribution is 0.0901. The van der Waals surface area contributed by atoms with Gasteiger partial charge in [0.25, 0.3) is 5.91 Å². The van der Waals surface area contributed by atoms with E-state index in [1.807, 2.05) is 12.1 Å². The van der Waals surface area contributed by atoms with Crippen LogP contribution >= 0.6 is 11.6 Å². The monoisotopic (exact) mass is 450 g/mol. The molecule has 162 valence electrons. The molecular formula is C24H20ClFN4O2. The van der Waals surface area contributed by atoms with Gasteiger partial charge in [0.05, 0.1) is 13.5 Å². The largest absolute Gasteiger partial charge is 0.497 e. The van der Waals surface area contributed by atoms with E-state index in [0.717, 1.165) is 16.7 Å². The van der Waals surface area contributed by atoms with E-state index in [9.17, 15) is 9.18 Å². The van der Waals surface area contributed by atoms with Gasteiger partial charge in [-0.25, -0.2) is 4.39 Å². The van der Waals surface area contributed by atoms with Crippen molar-refractivity contribution in [2.24, 2.45) is 0 Å². The van der Waals surface area contributed by atoms with Gasteiger partial charge < -0.3 is 10.1 Å². The normalized spacial score (nSPS) is 10.7. The molecule has 4 rings (SSSR count). The first-order chi connectivity index (χ1) is 15.5. The molecule has 32 heavy (non-hydrogen) atoms. The zero-order valence-electron chi connectivity index (χ0n) is 17.3. The predicted octanol–water partition coefficient (Wildman–Crippen LogP) is 5.24. The van der Waals surface area contributed by atoms with Crippen molar-refractivity contribution in [3.63, 3.8) is 0 Å². The molecule has 0 aliphatic heterocycles. The molecule has 0 aliphatic rings. The fourth-order valence-corrected chi connectivity index (χ4v) is 3.22. The molecule has 0 unspecified atom stereocenters. The van der Waals surface area contributed by atoms with Gasteiger partial charge in [0.15, 0.2) is 5.82 Å². The van der Waals surface area contributed by atoms with Crippen LogP contribution in [-0.4, -0.2) is 27.8 Å². The number of nitrogens with zero attached hydrogens (tertiary/aromatic N) is 3. The van der Waals surface area contributed by atoms with Crippen molar-refractivity contribution in [1.29, 1.82) is 0 Å². The maximum absolute atomic E-state index is 13.2. The number of aromatic nitrogens is 3. The molecule has 0 spiro atoms. The highest BCUT2D eigenvalue weighted by atomic mass is 35.5. The number of methoxy groups -OCH3 is 1. The van der Waals surface area contributed by atoms with Crippen molar-refractivity contribution in [1.82, 2.24) is 14.8 Å². The third-order valence-electron chi connectivity index (χ3n) is 4.82. The molecule has 0 saturated heterocycles. The second-order valence-corrected chi connectivity index (χ2v) is 7.51. The average molecular weight is 451 g/mol. The van der Waals surface area contributed by atoms with E-state index in [1.165, 1.54) is 16.8 Å². The molecule has 8 heteroatoms. The topological polar surface area (TPSA) is 69.0 Å². The first kappa shape index (κ1) is 21.5. The van der Waals surface area contributed by atoms with Crippen LogP contribution < -0.4 is 10.1 Å². The Balaban J connectivity index is 1.60. The lowest BCUT2D eigenvalue weighted by atomic mass is 10.1. The van der Waals surface area contributed by atoms with Gasteiger partial charge in [-0.3, -0.25) is 4.79 Å². The Hall–Kier alpha value is -3.71. The summed E-state index contributed by atoms with van der Waals surface area (Å²) in [6, 6.07) is 20.4. The van der Waals surface area contributed by atoms with Crippen molar-refractivity contribution < 1.29 is 13.9 Å². The summed E-state index contributed by atoms with van der Waals surface area (Å²) in [6.07, 6.45) is 0.138. The SMILES string of the molecule is COc1ccc(CC(=O)n2nc(-c3ccc(Cl)cc3)nc2NCc2ccc(F)cc2)cc1. The number of hydrogen-bond acceptors (Lipinski definition) is 5. The first-order valence-corrected chi connectivity index (χ1v) is 10.3. The summed E-state index contributed by atoms with van der Waals surface area (Å²) in [5.74, 6) is 0.860. The summed E-state index contributed by atoms with van der Waals surface area (Å²) < 4.78 is 19.6. The zero-order chi connectivity index (χ0) is 22.5. The van der Waals surface area contributed by atoms with Crippen LogP contribution in [0.3, 0.4) is 0 Å². The molecule has 1 heterocycles. The highest BCUT2D eigenvalue weighted by Gasteiger charge is 2.18. The number of rotatable bonds is 7. The summed E-state index contributed by atoms with van der Waals surface area (Å²) in [5, 5.41) is 8.16. The van der Waals surface area contributed by atoms with Gasteiger partial charge in [0.1, 0.15) is 11.6 Å². The van der Waals surface area contributed by atoms with Crippen molar-refractivity contribution in [2.75, 3.05) is 12.4 Å². The maximum Gasteiger partial charge on any atom is 0.254 e. The minimum Gasteiger partial charge on any atom is -0.497 e. The number of ether oxygens (including phenoxy) is 1. The van der Waals surface area contributed by atoms with E-state index < -0.39 is 0 Å². The number of benzene rings is 3. The fourth-order valence-electron chi connectivity index (χ4n) is 3.10. The number of halogens is 2. The second kappa shape index (κ2) is 9.62. The quantitative estimate of drug-likeness (QED) is 0.417. The molecule has 0 saturated carbocycles. The standard InChI is InChI=1S/C24H20ClFN4O2/c1-32-21-12-4-16(5-13-21)14-22(31)30-24(27-15-17-2-10-20(26)11-3-17)28-23(29-30)18-6-8-19(25)9-7-18/h2-13H,14-15H2,1H3,(H,27,28,29). The molecule has 0 aliphatic carbocycles. The van der Waals surface area contributed by atoms with Crippen molar-refractivity contribution in [3.05, 3.63) is 94.8 Å². The number of hydrogen-bond donors (Lipinski definition) is 1. The molecule has 0 radical (unpaired) electrons. The van der Waals surface area contributed by atoms with Crippen LogP contribution in [0.4, 0.5) is 10.3 Å². The summed E-state index contributed by atoms with van der Waals surface area (Å²) in [6.45, 7) is 0.356. The molecule has 0 amide bonds. The third kappa shape index (κ3) is 5.12. The van der Waals surface area contributed by atoms with Gasteiger partial charge in [-0.15, -0.1) is 5.10 Å². The van der Waals surface area contributed by atoms with Crippen LogP contribution in [0, 0.1) is 5.82 Å². The highest BCUT2D eigenvalue weighted by Crippen LogP contribution is 2.21. The summed E-state index contributed by atoms with van der Waals surface area (Å²) in [7, 11) is 1.59. The number of nitrogens with one attached hydrogen (secondary N) is 1. The minimum atomic E-state index is -0.309. The van der Waals surface area contributed by atoms with E-state index in [-0.39, 0.29) is 18.1 Å². The van der Waals surface area contributed by atoms with Gasteiger partial charge in [-0.1, -0.05) is 35.9 Å². The maximum atomic E-state index is 13.2. The van der Waals surface area contributed by atoms with Crippen molar-refractivity contribution in [2.45, 2.75) is 13.0 Å². The number of carbonyl (C=O) groups excluding carboxylic acids is 1. The molecule has 0 fully saturated rings. The molecule has 1 aromatic heterocycles. The Morgan fingerprint density at radius 3 is 2.31 bits per heavy atom. The lowest BCUT2D eigenvalue weighted by Gasteiger charge is -2.08. The summed E-state index contributed by atoms with van der Waals surface area (Å²) in [5.41, 5.74) is 2.40. The van der Waals surface area contributed by atoms with Crippen molar-refractivity contribution >= 4 is 23.5 Å². The third-order valence-corrected chi connectivity index (χ3v) is 5.08. The highest BCUT2D eigenvalue weighted by molar-refractivity contribution is 6.30. The van der Waals surface area contributed by atoms with Gasteiger partial charge in [0, 0.05) is 17.1 Å². The van der Waals surface area contributed by atoms with Crippen LogP contribution in [0.15, 0.2) is 72.8 Å². The Bertz CT molecular complexity index is 1210. The molecular weight excluding hydrogens is 431 g/mol. The van der Waals surface area contributed by atoms with Crippen LogP contribution in [0.2, 0.25) is 5.02 Å². The minimum absolute atomic E-state index is 0.138. The lowest BCUT2D eigenvalue weighted by Crippen LogP contribution is -2.18. The summed E-state index contributed by atoms with van der Waals surface area (Å²) in [4.78, 5) is 17.6. The van der Waals surface area contributed by atoms with Crippen LogP contribution in [0.5, 0.6) is 5.75 Å². The smallest absolute Gasteiger partial charge is 0.254 e. The molecule has 0 atom stereocenters. The average Bonchev–Trinajstić information content (AvgIpc) is 3.24. The fraction of sp³-hybridized carbons (Fsp3) is 0.125. The van der Waals surface area contributed by atoms with E-state index >= 15 is 0 Å². The van der Waals surface area contributed by atoms with Gasteiger partial charge >= 0.3 is 0 Å². The van der Waals surface area contributed by atoms with Gasteiger partial charge in [-0.2, -0.15) is 9.67 Å². The van der Waals surface area contributed by atoms with Gasteiger partial charge in [0.2, 0.25) is 5.95 Å². The van der Waals surface area contributed by atoms with E-state index in [1.54, 1.807) is 55.6 Å². The number of carbonyl (C=O) groups is 1. The molecule has 3 aromatic carbocycles. The molecule has 4 aromatic rings. The Kier molecular flexibility index (Phi) is 6.47. The van der Waals surface area contributed by atoms with Crippen LogP contribution in [0.25, 0.3) is 11.4 Å². The predicted molar refractivity (Wildman–Crippen MR) is 122 cm³/mol. The van der Waals surface area contributed by atoms with E-state index in [2.05, 4.69) is 15.4 Å². The van der Waals surface area contributed by atoms with E-state index in [4.69, 9.17) is 16.3 Å². The zero-order valence-corrected chi connectivity index (χ0v) is 18.0. The second-order valence-electron chi connectivity index (χ2n) is 7.08. The number of anilines is 1. The Morgan fingerprint density at radius 2 is 1.66 bits per heavy atom. The van der Waals surface area contributed by atoms with Gasteiger partial charge in [-0.05, 0) is 59.7 Å². The van der Waals surface area contributed by atoms with E-state index in [0.29, 0.717) is 29.1 Å². The molecule has 0 bridgehead atoms. The van der Waals surface area contributed by atoms with Crippen LogP contribution in [0.1, 0.15) is 15.9 Å². The molecule has 1 N–H and O–H groups in total. The van der Waals surface area contributed by atoms with Crippen molar-refractivity contribution in [3.8, 4) is 17.1 Å². The molecule has 6 nitrogen and oxygen atoms in total.